The number of carbonyl (C=O) groups excluding carboxylic acids is 1. The summed E-state index contributed by atoms with van der Waals surface area (Å²) in [6.45, 7) is 5.57. The maximum atomic E-state index is 12.1. The molecule has 0 aliphatic heterocycles. The molecule has 0 spiro atoms. The first-order valence-electron chi connectivity index (χ1n) is 6.73. The van der Waals surface area contributed by atoms with Crippen molar-refractivity contribution in [3.8, 4) is 0 Å². The largest absolute Gasteiger partial charge is 0.369 e. The number of hydrogen-bond acceptors (Lipinski definition) is 4. The fourth-order valence-electron chi connectivity index (χ4n) is 1.55. The van der Waals surface area contributed by atoms with Crippen LogP contribution in [0.3, 0.4) is 0 Å². The van der Waals surface area contributed by atoms with Crippen LogP contribution in [0.5, 0.6) is 0 Å². The highest BCUT2D eigenvalue weighted by atomic mass is 35.5. The second-order valence-electron chi connectivity index (χ2n) is 4.28. The van der Waals surface area contributed by atoms with E-state index in [0.29, 0.717) is 17.9 Å². The van der Waals surface area contributed by atoms with E-state index in [-0.39, 0.29) is 11.1 Å². The molecule has 0 aliphatic carbocycles. The van der Waals surface area contributed by atoms with Crippen LogP contribution >= 0.6 is 11.6 Å². The van der Waals surface area contributed by atoms with E-state index in [2.05, 4.69) is 34.4 Å². The van der Waals surface area contributed by atoms with Crippen LogP contribution in [0.1, 0.15) is 49.9 Å². The van der Waals surface area contributed by atoms with Gasteiger partial charge >= 0.3 is 0 Å². The van der Waals surface area contributed by atoms with Crippen molar-refractivity contribution in [1.82, 2.24) is 15.3 Å². The highest BCUT2D eigenvalue weighted by Gasteiger charge is 2.17. The van der Waals surface area contributed by atoms with Crippen molar-refractivity contribution in [3.63, 3.8) is 0 Å². The van der Waals surface area contributed by atoms with Gasteiger partial charge in [-0.25, -0.2) is 9.97 Å². The Kier molecular flexibility index (Phi) is 7.18. The monoisotopic (exact) mass is 284 g/mol. The first kappa shape index (κ1) is 15.7. The predicted molar refractivity (Wildman–Crippen MR) is 77.7 cm³/mol. The Morgan fingerprint density at radius 3 is 2.58 bits per heavy atom. The minimum Gasteiger partial charge on any atom is -0.369 e. The average Bonchev–Trinajstić information content (AvgIpc) is 2.39. The molecule has 2 N–H and O–H groups in total. The molecule has 0 aromatic carbocycles. The molecule has 5 nitrogen and oxygen atoms in total. The molecule has 1 aromatic heterocycles. The lowest BCUT2D eigenvalue weighted by Crippen LogP contribution is -2.26. The minimum absolute atomic E-state index is 0.183. The van der Waals surface area contributed by atoms with Gasteiger partial charge in [-0.05, 0) is 12.8 Å². The fraction of sp³-hybridized carbons (Fsp3) is 0.615. The highest BCUT2D eigenvalue weighted by molar-refractivity contribution is 6.33. The van der Waals surface area contributed by atoms with E-state index < -0.39 is 0 Å². The summed E-state index contributed by atoms with van der Waals surface area (Å²) in [4.78, 5) is 20.0. The van der Waals surface area contributed by atoms with E-state index in [9.17, 15) is 4.79 Å². The molecule has 0 aliphatic rings. The number of aromatic nitrogens is 2. The lowest BCUT2D eigenvalue weighted by molar-refractivity contribution is 0.0953. The molecule has 1 rings (SSSR count). The van der Waals surface area contributed by atoms with Crippen LogP contribution in [0.4, 0.5) is 5.82 Å². The van der Waals surface area contributed by atoms with Crippen molar-refractivity contribution in [2.24, 2.45) is 0 Å². The van der Waals surface area contributed by atoms with E-state index in [1.807, 2.05) is 0 Å². The number of unbranched alkanes of at least 4 members (excludes halogenated alkanes) is 2. The number of nitrogens with one attached hydrogen (secondary N) is 2. The third-order valence-electron chi connectivity index (χ3n) is 2.67. The van der Waals surface area contributed by atoms with Crippen LogP contribution < -0.4 is 10.6 Å². The summed E-state index contributed by atoms with van der Waals surface area (Å²) in [6, 6.07) is 0. The summed E-state index contributed by atoms with van der Waals surface area (Å²) in [5, 5.41) is 6.14. The van der Waals surface area contributed by atoms with Crippen LogP contribution in [-0.4, -0.2) is 29.0 Å². The molecule has 0 saturated carbocycles. The van der Waals surface area contributed by atoms with E-state index >= 15 is 0 Å². The third-order valence-corrected chi connectivity index (χ3v) is 2.95. The zero-order valence-electron chi connectivity index (χ0n) is 11.5. The average molecular weight is 285 g/mol. The molecular weight excluding hydrogens is 264 g/mol. The molecule has 6 heteroatoms. The number of rotatable bonds is 8. The number of anilines is 1. The van der Waals surface area contributed by atoms with Gasteiger partial charge in [0.15, 0.2) is 0 Å². The lowest BCUT2D eigenvalue weighted by Gasteiger charge is -2.11. The standard InChI is InChI=1S/C13H21ClN4O/c1-3-5-7-15-12-10(11(14)17-9-18-12)13(19)16-8-6-4-2/h9H,3-8H2,1-2H3,(H,16,19)(H,15,17,18). The van der Waals surface area contributed by atoms with Crippen molar-refractivity contribution < 1.29 is 4.79 Å². The van der Waals surface area contributed by atoms with Crippen LogP contribution in [0.25, 0.3) is 0 Å². The van der Waals surface area contributed by atoms with E-state index in [0.717, 1.165) is 32.2 Å². The minimum atomic E-state index is -0.224. The van der Waals surface area contributed by atoms with Gasteiger partial charge in [0.2, 0.25) is 0 Å². The molecule has 106 valence electrons. The number of nitrogens with zero attached hydrogens (tertiary/aromatic N) is 2. The van der Waals surface area contributed by atoms with Crippen LogP contribution in [0.15, 0.2) is 6.33 Å². The predicted octanol–water partition coefficient (Wildman–Crippen LogP) is 2.87. The summed E-state index contributed by atoms with van der Waals surface area (Å²) in [5.74, 6) is 0.278. The Labute approximate surface area is 119 Å². The Bertz CT molecular complexity index is 412. The lowest BCUT2D eigenvalue weighted by atomic mass is 10.2. The highest BCUT2D eigenvalue weighted by Crippen LogP contribution is 2.19. The van der Waals surface area contributed by atoms with Crippen molar-refractivity contribution in [2.75, 3.05) is 18.4 Å². The van der Waals surface area contributed by atoms with Gasteiger partial charge in [-0.3, -0.25) is 4.79 Å². The normalized spacial score (nSPS) is 10.3. The van der Waals surface area contributed by atoms with Gasteiger partial charge in [-0.15, -0.1) is 0 Å². The zero-order valence-corrected chi connectivity index (χ0v) is 12.3. The van der Waals surface area contributed by atoms with E-state index in [4.69, 9.17) is 11.6 Å². The van der Waals surface area contributed by atoms with Gasteiger partial charge in [-0.1, -0.05) is 38.3 Å². The number of amides is 1. The number of hydrogen-bond donors (Lipinski definition) is 2. The molecule has 0 radical (unpaired) electrons. The maximum absolute atomic E-state index is 12.1. The number of halogens is 1. The molecule has 1 heterocycles. The molecular formula is C13H21ClN4O. The van der Waals surface area contributed by atoms with Gasteiger partial charge in [0.25, 0.3) is 5.91 Å². The van der Waals surface area contributed by atoms with Gasteiger partial charge in [-0.2, -0.15) is 0 Å². The van der Waals surface area contributed by atoms with Crippen LogP contribution in [-0.2, 0) is 0 Å². The Hall–Kier alpha value is -1.36. The van der Waals surface area contributed by atoms with Crippen molar-refractivity contribution in [3.05, 3.63) is 17.0 Å². The smallest absolute Gasteiger partial charge is 0.258 e. The maximum Gasteiger partial charge on any atom is 0.258 e. The van der Waals surface area contributed by atoms with Gasteiger partial charge in [0.05, 0.1) is 0 Å². The van der Waals surface area contributed by atoms with Crippen molar-refractivity contribution in [1.29, 1.82) is 0 Å². The topological polar surface area (TPSA) is 66.9 Å². The summed E-state index contributed by atoms with van der Waals surface area (Å²) in [7, 11) is 0. The zero-order chi connectivity index (χ0) is 14.1. The van der Waals surface area contributed by atoms with Gasteiger partial charge in [0.1, 0.15) is 22.9 Å². The van der Waals surface area contributed by atoms with Gasteiger partial charge in [0, 0.05) is 13.1 Å². The summed E-state index contributed by atoms with van der Waals surface area (Å²) >= 11 is 6.00. The third kappa shape index (κ3) is 5.03. The summed E-state index contributed by atoms with van der Waals surface area (Å²) < 4.78 is 0. The van der Waals surface area contributed by atoms with E-state index in [1.165, 1.54) is 6.33 Å². The van der Waals surface area contributed by atoms with Crippen LogP contribution in [0.2, 0.25) is 5.15 Å². The van der Waals surface area contributed by atoms with E-state index in [1.54, 1.807) is 0 Å². The van der Waals surface area contributed by atoms with Crippen molar-refractivity contribution in [2.45, 2.75) is 39.5 Å². The Balaban J connectivity index is 2.75. The second kappa shape index (κ2) is 8.69. The first-order valence-corrected chi connectivity index (χ1v) is 7.11. The summed E-state index contributed by atoms with van der Waals surface area (Å²) in [6.07, 6.45) is 5.42. The quantitative estimate of drug-likeness (QED) is 0.569. The molecule has 0 bridgehead atoms. The first-order chi connectivity index (χ1) is 9.20. The molecule has 0 unspecified atom stereocenters. The fourth-order valence-corrected chi connectivity index (χ4v) is 1.77. The van der Waals surface area contributed by atoms with Crippen molar-refractivity contribution >= 4 is 23.3 Å². The molecule has 1 amide bonds. The van der Waals surface area contributed by atoms with Crippen LogP contribution in [0, 0.1) is 0 Å². The molecule has 1 aromatic rings. The SMILES string of the molecule is CCCCNC(=O)c1c(Cl)ncnc1NCCCC. The summed E-state index contributed by atoms with van der Waals surface area (Å²) in [5.41, 5.74) is 0.330. The van der Waals surface area contributed by atoms with Gasteiger partial charge < -0.3 is 10.6 Å². The second-order valence-corrected chi connectivity index (χ2v) is 4.64. The molecule has 19 heavy (non-hydrogen) atoms. The number of carbonyl (C=O) groups is 1. The Morgan fingerprint density at radius 2 is 1.89 bits per heavy atom. The Morgan fingerprint density at radius 1 is 1.21 bits per heavy atom. The molecule has 0 saturated heterocycles. The molecule has 0 fully saturated rings. The molecule has 0 atom stereocenters.